The maximum Gasteiger partial charge on any atom is 0.234 e. The average Bonchev–Trinajstić information content (AvgIpc) is 2.64. The molecule has 1 aromatic rings. The number of nitrogens with two attached hydrogens (primary N) is 1. The third-order valence-corrected chi connectivity index (χ3v) is 3.52. The quantitative estimate of drug-likeness (QED) is 0.726. The van der Waals surface area contributed by atoms with E-state index in [9.17, 15) is 9.59 Å². The Morgan fingerprint density at radius 3 is 3.05 bits per heavy atom. The molecule has 21 heavy (non-hydrogen) atoms. The number of amides is 2. The Balaban J connectivity index is 1.82. The van der Waals surface area contributed by atoms with Crippen LogP contribution in [0.15, 0.2) is 18.2 Å². The van der Waals surface area contributed by atoms with E-state index in [1.807, 2.05) is 4.90 Å². The number of nitrogens with zero attached hydrogens (tertiary/aromatic N) is 1. The third kappa shape index (κ3) is 4.91. The first kappa shape index (κ1) is 15.6. The Hall–Kier alpha value is -1.79. The van der Waals surface area contributed by atoms with Crippen molar-refractivity contribution in [3.05, 3.63) is 23.2 Å². The summed E-state index contributed by atoms with van der Waals surface area (Å²) in [6.45, 7) is 2.40. The Morgan fingerprint density at radius 1 is 1.48 bits per heavy atom. The molecule has 1 aliphatic heterocycles. The summed E-state index contributed by atoms with van der Waals surface area (Å²) < 4.78 is 0. The lowest BCUT2D eigenvalue weighted by atomic mass is 10.2. The Labute approximate surface area is 128 Å². The van der Waals surface area contributed by atoms with Crippen LogP contribution >= 0.6 is 11.6 Å². The van der Waals surface area contributed by atoms with Gasteiger partial charge in [-0.2, -0.15) is 0 Å². The lowest BCUT2D eigenvalue weighted by Gasteiger charge is -2.18. The highest BCUT2D eigenvalue weighted by Crippen LogP contribution is 2.22. The Morgan fingerprint density at radius 2 is 2.29 bits per heavy atom. The van der Waals surface area contributed by atoms with E-state index in [1.54, 1.807) is 18.2 Å². The van der Waals surface area contributed by atoms with E-state index in [2.05, 4.69) is 10.6 Å². The van der Waals surface area contributed by atoms with E-state index >= 15 is 0 Å². The lowest BCUT2D eigenvalue weighted by Crippen LogP contribution is -2.34. The molecule has 0 unspecified atom stereocenters. The zero-order chi connectivity index (χ0) is 15.2. The molecule has 0 aliphatic carbocycles. The van der Waals surface area contributed by atoms with Crippen LogP contribution in [0.25, 0.3) is 0 Å². The van der Waals surface area contributed by atoms with Gasteiger partial charge < -0.3 is 16.4 Å². The molecule has 1 heterocycles. The van der Waals surface area contributed by atoms with Crippen molar-refractivity contribution in [1.82, 2.24) is 10.2 Å². The van der Waals surface area contributed by atoms with Crippen molar-refractivity contribution in [2.75, 3.05) is 37.2 Å². The first-order valence-electron chi connectivity index (χ1n) is 6.88. The van der Waals surface area contributed by atoms with Gasteiger partial charge in [0.25, 0.3) is 0 Å². The molecule has 0 bridgehead atoms. The molecule has 2 rings (SSSR count). The maximum absolute atomic E-state index is 11.9. The van der Waals surface area contributed by atoms with E-state index in [0.717, 1.165) is 13.0 Å². The van der Waals surface area contributed by atoms with Crippen molar-refractivity contribution in [2.45, 2.75) is 12.8 Å². The van der Waals surface area contributed by atoms with Gasteiger partial charge in [0.05, 0.1) is 17.9 Å². The molecule has 1 fully saturated rings. The van der Waals surface area contributed by atoms with Gasteiger partial charge in [0.15, 0.2) is 0 Å². The molecule has 1 aliphatic rings. The van der Waals surface area contributed by atoms with Gasteiger partial charge in [0, 0.05) is 31.1 Å². The second kappa shape index (κ2) is 7.28. The largest absolute Gasteiger partial charge is 0.397 e. The molecule has 1 saturated heterocycles. The highest BCUT2D eigenvalue weighted by atomic mass is 35.5. The number of rotatable bonds is 4. The number of carbonyl (C=O) groups excluding carboxylic acids is 2. The minimum atomic E-state index is -0.131. The van der Waals surface area contributed by atoms with Gasteiger partial charge >= 0.3 is 0 Å². The van der Waals surface area contributed by atoms with Crippen LogP contribution in [-0.2, 0) is 9.59 Å². The zero-order valence-electron chi connectivity index (χ0n) is 11.7. The molecule has 2 amide bonds. The molecular weight excluding hydrogens is 292 g/mol. The molecule has 4 N–H and O–H groups in total. The fourth-order valence-corrected chi connectivity index (χ4v) is 2.36. The standard InChI is InChI=1S/C14H19ClN4O2/c15-10-2-3-12(11(16)8-10)18-13(20)4-7-19-6-1-5-17-14(21)9-19/h2-3,8H,1,4-7,9,16H2,(H,17,21)(H,18,20). The zero-order valence-corrected chi connectivity index (χ0v) is 12.4. The van der Waals surface area contributed by atoms with Gasteiger partial charge in [-0.3, -0.25) is 14.5 Å². The number of carbonyl (C=O) groups is 2. The maximum atomic E-state index is 11.9. The van der Waals surface area contributed by atoms with E-state index in [1.165, 1.54) is 0 Å². The van der Waals surface area contributed by atoms with E-state index in [4.69, 9.17) is 17.3 Å². The predicted molar refractivity (Wildman–Crippen MR) is 83.2 cm³/mol. The van der Waals surface area contributed by atoms with Crippen LogP contribution in [0.4, 0.5) is 11.4 Å². The number of benzene rings is 1. The van der Waals surface area contributed by atoms with Gasteiger partial charge in [-0.05, 0) is 24.6 Å². The molecule has 0 atom stereocenters. The average molecular weight is 311 g/mol. The summed E-state index contributed by atoms with van der Waals surface area (Å²) in [6, 6.07) is 4.94. The fraction of sp³-hybridized carbons (Fsp3) is 0.429. The third-order valence-electron chi connectivity index (χ3n) is 3.28. The van der Waals surface area contributed by atoms with Gasteiger partial charge in [0.2, 0.25) is 11.8 Å². The van der Waals surface area contributed by atoms with Crippen molar-refractivity contribution in [1.29, 1.82) is 0 Å². The molecule has 0 radical (unpaired) electrons. The number of hydrogen-bond acceptors (Lipinski definition) is 4. The fourth-order valence-electron chi connectivity index (χ4n) is 2.18. The van der Waals surface area contributed by atoms with Crippen LogP contribution in [0, 0.1) is 0 Å². The SMILES string of the molecule is Nc1cc(Cl)ccc1NC(=O)CCN1CCCNC(=O)C1. The van der Waals surface area contributed by atoms with E-state index in [-0.39, 0.29) is 11.8 Å². The van der Waals surface area contributed by atoms with Crippen LogP contribution < -0.4 is 16.4 Å². The van der Waals surface area contributed by atoms with Gasteiger partial charge in [-0.25, -0.2) is 0 Å². The normalized spacial score (nSPS) is 16.1. The van der Waals surface area contributed by atoms with Crippen LogP contribution in [0.5, 0.6) is 0 Å². The van der Waals surface area contributed by atoms with Crippen molar-refractivity contribution in [3.63, 3.8) is 0 Å². The van der Waals surface area contributed by atoms with Crippen molar-refractivity contribution in [2.24, 2.45) is 0 Å². The summed E-state index contributed by atoms with van der Waals surface area (Å²) in [5.74, 6) is -0.122. The minimum absolute atomic E-state index is 0.00912. The van der Waals surface area contributed by atoms with Crippen molar-refractivity contribution < 1.29 is 9.59 Å². The molecule has 0 saturated carbocycles. The Kier molecular flexibility index (Phi) is 5.41. The number of nitrogen functional groups attached to an aromatic ring is 1. The van der Waals surface area contributed by atoms with Gasteiger partial charge in [0.1, 0.15) is 0 Å². The first-order valence-corrected chi connectivity index (χ1v) is 7.26. The van der Waals surface area contributed by atoms with Crippen LogP contribution in [0.3, 0.4) is 0 Å². The number of nitrogens with one attached hydrogen (secondary N) is 2. The molecule has 1 aromatic carbocycles. The molecular formula is C14H19ClN4O2. The molecule has 6 nitrogen and oxygen atoms in total. The summed E-state index contributed by atoms with van der Waals surface area (Å²) in [6.07, 6.45) is 1.22. The number of hydrogen-bond donors (Lipinski definition) is 3. The van der Waals surface area contributed by atoms with Crippen LogP contribution in [0.2, 0.25) is 5.02 Å². The van der Waals surface area contributed by atoms with E-state index in [0.29, 0.717) is 42.5 Å². The smallest absolute Gasteiger partial charge is 0.234 e. The second-order valence-corrected chi connectivity index (χ2v) is 5.45. The first-order chi connectivity index (χ1) is 10.0. The van der Waals surface area contributed by atoms with Crippen molar-refractivity contribution >= 4 is 34.8 Å². The minimum Gasteiger partial charge on any atom is -0.397 e. The molecule has 0 aromatic heterocycles. The molecule has 0 spiro atoms. The highest BCUT2D eigenvalue weighted by molar-refractivity contribution is 6.31. The highest BCUT2D eigenvalue weighted by Gasteiger charge is 2.15. The summed E-state index contributed by atoms with van der Waals surface area (Å²) in [5.41, 5.74) is 6.77. The summed E-state index contributed by atoms with van der Waals surface area (Å²) in [4.78, 5) is 25.3. The van der Waals surface area contributed by atoms with E-state index < -0.39 is 0 Å². The summed E-state index contributed by atoms with van der Waals surface area (Å²) >= 11 is 5.81. The molecule has 114 valence electrons. The predicted octanol–water partition coefficient (Wildman–Crippen LogP) is 1.07. The topological polar surface area (TPSA) is 87.5 Å². The second-order valence-electron chi connectivity index (χ2n) is 5.01. The molecule has 7 heteroatoms. The lowest BCUT2D eigenvalue weighted by molar-refractivity contribution is -0.122. The van der Waals surface area contributed by atoms with Crippen LogP contribution in [0.1, 0.15) is 12.8 Å². The summed E-state index contributed by atoms with van der Waals surface area (Å²) in [7, 11) is 0. The van der Waals surface area contributed by atoms with Gasteiger partial charge in [-0.1, -0.05) is 11.6 Å². The Bertz CT molecular complexity index is 536. The monoisotopic (exact) mass is 310 g/mol. The summed E-state index contributed by atoms with van der Waals surface area (Å²) in [5, 5.41) is 6.09. The number of anilines is 2. The van der Waals surface area contributed by atoms with Gasteiger partial charge in [-0.15, -0.1) is 0 Å². The van der Waals surface area contributed by atoms with Crippen LogP contribution in [-0.4, -0.2) is 42.9 Å². The van der Waals surface area contributed by atoms with Crippen molar-refractivity contribution in [3.8, 4) is 0 Å². The number of halogens is 1.